The summed E-state index contributed by atoms with van der Waals surface area (Å²) in [6.07, 6.45) is 44.9. The van der Waals surface area contributed by atoms with Crippen LogP contribution < -0.4 is 0 Å². The van der Waals surface area contributed by atoms with Gasteiger partial charge in [-0.1, -0.05) is 243 Å². The van der Waals surface area contributed by atoms with Crippen molar-refractivity contribution >= 4 is 5.97 Å². The third-order valence-corrected chi connectivity index (χ3v) is 15.4. The number of aliphatic hydroxyl groups excluding tert-OH is 7. The maximum Gasteiger partial charge on any atom is 0.306 e. The first-order valence-corrected chi connectivity index (χ1v) is 32.1. The van der Waals surface area contributed by atoms with Crippen LogP contribution in [0.3, 0.4) is 0 Å². The average Bonchev–Trinajstić information content (AvgIpc) is 3.45. The minimum Gasteiger partial charge on any atom is -0.457 e. The van der Waals surface area contributed by atoms with E-state index in [2.05, 4.69) is 50.3 Å². The lowest BCUT2D eigenvalue weighted by molar-refractivity contribution is -0.332. The number of unbranched alkanes of at least 4 members (excludes halogenated alkanes) is 33. The van der Waals surface area contributed by atoms with Crippen LogP contribution in [0, 0.1) is 0 Å². The summed E-state index contributed by atoms with van der Waals surface area (Å²) in [6.45, 7) is 3.72. The monoisotopic (exact) mass is 1110 g/mol. The van der Waals surface area contributed by atoms with Crippen molar-refractivity contribution in [3.05, 3.63) is 36.5 Å². The predicted octanol–water partition coefficient (Wildman–Crippen LogP) is 12.5. The molecule has 2 rings (SSSR count). The quantitative estimate of drug-likeness (QED) is 0.0172. The Balaban J connectivity index is 1.66. The van der Waals surface area contributed by atoms with Crippen molar-refractivity contribution in [2.75, 3.05) is 33.0 Å². The molecule has 0 aliphatic carbocycles. The molecular weight excluding hydrogens is 993 g/mol. The highest BCUT2D eigenvalue weighted by Crippen LogP contribution is 2.27. The van der Waals surface area contributed by atoms with Crippen LogP contribution in [0.5, 0.6) is 0 Å². The van der Waals surface area contributed by atoms with Gasteiger partial charge in [0.2, 0.25) is 0 Å². The van der Waals surface area contributed by atoms with Gasteiger partial charge < -0.3 is 64.2 Å². The zero-order valence-electron chi connectivity index (χ0n) is 49.4. The molecule has 2 aliphatic heterocycles. The summed E-state index contributed by atoms with van der Waals surface area (Å²) in [5.41, 5.74) is 0. The Morgan fingerprint density at radius 3 is 1.24 bits per heavy atom. The minimum absolute atomic E-state index is 0.0631. The highest BCUT2D eigenvalue weighted by atomic mass is 16.7. The number of aliphatic hydroxyl groups is 7. The van der Waals surface area contributed by atoms with Gasteiger partial charge >= 0.3 is 5.97 Å². The van der Waals surface area contributed by atoms with Gasteiger partial charge in [0.25, 0.3) is 0 Å². The Morgan fingerprint density at radius 1 is 0.423 bits per heavy atom. The van der Waals surface area contributed by atoms with Crippen LogP contribution in [-0.2, 0) is 33.2 Å². The van der Waals surface area contributed by atoms with Crippen LogP contribution in [-0.4, -0.2) is 142 Å². The molecule has 78 heavy (non-hydrogen) atoms. The minimum atomic E-state index is -1.71. The second-order valence-electron chi connectivity index (χ2n) is 22.6. The van der Waals surface area contributed by atoms with Crippen LogP contribution in [0.1, 0.15) is 264 Å². The molecule has 0 aromatic heterocycles. The highest BCUT2D eigenvalue weighted by Gasteiger charge is 2.47. The van der Waals surface area contributed by atoms with E-state index in [4.69, 9.17) is 28.4 Å². The van der Waals surface area contributed by atoms with Crippen molar-refractivity contribution in [1.29, 1.82) is 0 Å². The molecule has 11 unspecified atom stereocenters. The normalized spacial score (nSPS) is 24.3. The number of hydrogen-bond acceptors (Lipinski definition) is 14. The maximum absolute atomic E-state index is 13.1. The van der Waals surface area contributed by atoms with Crippen molar-refractivity contribution in [2.24, 2.45) is 0 Å². The lowest BCUT2D eigenvalue weighted by atomic mass is 9.98. The Labute approximate surface area is 474 Å². The molecule has 0 aromatic carbocycles. The summed E-state index contributed by atoms with van der Waals surface area (Å²) in [5, 5.41) is 72.5. The predicted molar refractivity (Wildman–Crippen MR) is 312 cm³/mol. The molecule has 0 spiro atoms. The number of carbonyl (C=O) groups is 1. The molecule has 0 bridgehead atoms. The zero-order chi connectivity index (χ0) is 56.5. The Kier molecular flexibility index (Phi) is 47.2. The summed E-state index contributed by atoms with van der Waals surface area (Å²) in [4.78, 5) is 13.1. The van der Waals surface area contributed by atoms with E-state index in [0.29, 0.717) is 13.0 Å². The number of ether oxygens (including phenoxy) is 6. The molecule has 2 heterocycles. The van der Waals surface area contributed by atoms with E-state index in [-0.39, 0.29) is 25.6 Å². The number of hydrogen-bond donors (Lipinski definition) is 7. The number of rotatable bonds is 53. The third kappa shape index (κ3) is 36.6. The molecular formula is C64H118O14. The van der Waals surface area contributed by atoms with Crippen molar-refractivity contribution in [2.45, 2.75) is 332 Å². The summed E-state index contributed by atoms with van der Waals surface area (Å²) < 4.78 is 34.5. The van der Waals surface area contributed by atoms with E-state index in [0.717, 1.165) is 51.4 Å². The molecule has 14 nitrogen and oxygen atoms in total. The van der Waals surface area contributed by atoms with E-state index in [9.17, 15) is 40.5 Å². The van der Waals surface area contributed by atoms with Gasteiger partial charge in [-0.25, -0.2) is 0 Å². The molecule has 2 saturated heterocycles. The summed E-state index contributed by atoms with van der Waals surface area (Å²) in [6, 6.07) is 0. The molecule has 0 amide bonds. The largest absolute Gasteiger partial charge is 0.457 e. The number of allylic oxidation sites excluding steroid dienone is 6. The van der Waals surface area contributed by atoms with Gasteiger partial charge in [0, 0.05) is 13.0 Å². The second-order valence-corrected chi connectivity index (χ2v) is 22.6. The van der Waals surface area contributed by atoms with Crippen molar-refractivity contribution in [3.63, 3.8) is 0 Å². The summed E-state index contributed by atoms with van der Waals surface area (Å²) in [7, 11) is 0. The Hall–Kier alpha value is -1.79. The smallest absolute Gasteiger partial charge is 0.306 e. The molecule has 7 N–H and O–H groups in total. The SMILES string of the molecule is CCCCCCC/C=C\C/C=C\C/C=C\CCCCCCCCCCCCCOCC(COC1OC(COC2OC(CO)C(O)C(O)C2O)C(O)C(O)C1O)OC(=O)CCCCCCCCCCCCCCCCCCCC. The van der Waals surface area contributed by atoms with Crippen LogP contribution >= 0.6 is 0 Å². The highest BCUT2D eigenvalue weighted by molar-refractivity contribution is 5.69. The molecule has 458 valence electrons. The van der Waals surface area contributed by atoms with Crippen molar-refractivity contribution in [3.8, 4) is 0 Å². The molecule has 14 heteroatoms. The van der Waals surface area contributed by atoms with Crippen LogP contribution in [0.2, 0.25) is 0 Å². The van der Waals surface area contributed by atoms with E-state index in [1.165, 1.54) is 186 Å². The van der Waals surface area contributed by atoms with Crippen molar-refractivity contribution in [1.82, 2.24) is 0 Å². The topological polar surface area (TPSA) is 214 Å². The average molecular weight is 1110 g/mol. The second kappa shape index (κ2) is 50.9. The Bertz CT molecular complexity index is 1430. The maximum atomic E-state index is 13.1. The molecule has 0 radical (unpaired) electrons. The van der Waals surface area contributed by atoms with Crippen LogP contribution in [0.4, 0.5) is 0 Å². The van der Waals surface area contributed by atoms with E-state index < -0.39 is 80.7 Å². The molecule has 0 saturated carbocycles. The molecule has 11 atom stereocenters. The van der Waals surface area contributed by atoms with Crippen molar-refractivity contribution < 1.29 is 69.0 Å². The van der Waals surface area contributed by atoms with Crippen LogP contribution in [0.25, 0.3) is 0 Å². The zero-order valence-corrected chi connectivity index (χ0v) is 49.4. The van der Waals surface area contributed by atoms with Gasteiger partial charge in [0.1, 0.15) is 54.9 Å². The van der Waals surface area contributed by atoms with Gasteiger partial charge in [-0.3, -0.25) is 4.79 Å². The van der Waals surface area contributed by atoms with Gasteiger partial charge in [0.15, 0.2) is 12.6 Å². The van der Waals surface area contributed by atoms with Gasteiger partial charge in [-0.2, -0.15) is 0 Å². The molecule has 0 aromatic rings. The fraction of sp³-hybridized carbons (Fsp3) is 0.891. The summed E-state index contributed by atoms with van der Waals surface area (Å²) >= 11 is 0. The number of carbonyl (C=O) groups excluding carboxylic acids is 1. The van der Waals surface area contributed by atoms with E-state index in [1.54, 1.807) is 0 Å². The molecule has 2 aliphatic rings. The van der Waals surface area contributed by atoms with Crippen LogP contribution in [0.15, 0.2) is 36.5 Å². The van der Waals surface area contributed by atoms with Gasteiger partial charge in [0.05, 0.1) is 26.4 Å². The van der Waals surface area contributed by atoms with E-state index in [1.807, 2.05) is 0 Å². The first kappa shape index (κ1) is 72.3. The third-order valence-electron chi connectivity index (χ3n) is 15.4. The first-order valence-electron chi connectivity index (χ1n) is 32.1. The lowest BCUT2D eigenvalue weighted by Gasteiger charge is -2.42. The van der Waals surface area contributed by atoms with Gasteiger partial charge in [-0.05, 0) is 51.4 Å². The summed E-state index contributed by atoms with van der Waals surface area (Å²) in [5.74, 6) is -0.372. The van der Waals surface area contributed by atoms with E-state index >= 15 is 0 Å². The lowest BCUT2D eigenvalue weighted by Crippen LogP contribution is -2.61. The standard InChI is InChI=1S/C64H118O14/c1-3-5-7-9-11-13-15-17-19-21-23-24-25-26-27-28-29-30-32-34-36-38-40-42-44-46-48-73-50-53(76-56(66)47-45-43-41-39-37-35-33-31-22-20-18-16-14-12-10-8-6-4-2)51-74-63-62(72)60(70)58(68)55(78-63)52-75-64-61(71)59(69)57(67)54(49-65)77-64/h15,17,21,23,25-26,53-55,57-65,67-72H,3-14,16,18-20,22,24,27-52H2,1-2H3/b17-15-,23-21-,26-25-. The van der Waals surface area contributed by atoms with Gasteiger partial charge in [-0.15, -0.1) is 0 Å². The Morgan fingerprint density at radius 2 is 0.795 bits per heavy atom. The molecule has 2 fully saturated rings. The number of esters is 1. The fourth-order valence-corrected chi connectivity index (χ4v) is 10.2. The fourth-order valence-electron chi connectivity index (χ4n) is 10.2. The first-order chi connectivity index (χ1) is 38.1.